The van der Waals surface area contributed by atoms with E-state index in [4.69, 9.17) is 4.42 Å². The van der Waals surface area contributed by atoms with Gasteiger partial charge in [0.2, 0.25) is 5.89 Å². The number of oxazole rings is 1. The highest BCUT2D eigenvalue weighted by Gasteiger charge is 2.36. The summed E-state index contributed by atoms with van der Waals surface area (Å²) in [5.41, 5.74) is 1.77. The summed E-state index contributed by atoms with van der Waals surface area (Å²) in [6.45, 7) is 0. The molecule has 0 radical (unpaired) electrons. The first kappa shape index (κ1) is 15.4. The molecule has 0 spiro atoms. The molecule has 0 saturated heterocycles. The molecule has 0 bridgehead atoms. The molecule has 1 heterocycles. The quantitative estimate of drug-likeness (QED) is 0.556. The molecule has 0 amide bonds. The molecule has 3 heteroatoms. The Kier molecular flexibility index (Phi) is 3.92. The van der Waals surface area contributed by atoms with Crippen LogP contribution in [-0.4, -0.2) is 10.1 Å². The normalized spacial score (nSPS) is 11.4. The molecule has 122 valence electrons. The summed E-state index contributed by atoms with van der Waals surface area (Å²) in [6, 6.07) is 27.0. The van der Waals surface area contributed by atoms with E-state index in [0.29, 0.717) is 5.89 Å². The first-order valence-electron chi connectivity index (χ1n) is 8.13. The maximum Gasteiger partial charge on any atom is 0.226 e. The second-order valence-corrected chi connectivity index (χ2v) is 5.83. The van der Waals surface area contributed by atoms with Crippen LogP contribution in [0.25, 0.3) is 11.5 Å². The Labute approximate surface area is 146 Å². The fourth-order valence-electron chi connectivity index (χ4n) is 3.18. The van der Waals surface area contributed by atoms with Crippen LogP contribution < -0.4 is 0 Å². The van der Waals surface area contributed by atoms with Crippen LogP contribution in [-0.2, 0) is 5.60 Å². The van der Waals surface area contributed by atoms with Gasteiger partial charge in [-0.2, -0.15) is 0 Å². The van der Waals surface area contributed by atoms with Crippen molar-refractivity contribution in [3.63, 3.8) is 0 Å². The maximum absolute atomic E-state index is 11.9. The molecule has 4 aromatic rings. The molecule has 0 aliphatic rings. The van der Waals surface area contributed by atoms with Crippen molar-refractivity contribution in [2.75, 3.05) is 0 Å². The van der Waals surface area contributed by atoms with E-state index in [1.54, 1.807) is 6.20 Å². The minimum atomic E-state index is -1.31. The number of aliphatic hydroxyl groups is 1. The summed E-state index contributed by atoms with van der Waals surface area (Å²) >= 11 is 0. The number of nitrogens with zero attached hydrogens (tertiary/aromatic N) is 1. The summed E-state index contributed by atoms with van der Waals surface area (Å²) in [5.74, 6) is 0.487. The molecule has 0 aliphatic carbocycles. The van der Waals surface area contributed by atoms with Gasteiger partial charge in [-0.25, -0.2) is 4.98 Å². The standard InChI is InChI=1S/C22H17NO2/c24-22(17-9-3-1-4-10-17,18-11-5-2-6-12-18)20-14-8-7-13-19(20)21-23-15-16-25-21/h1-16,24H. The van der Waals surface area contributed by atoms with Crippen molar-refractivity contribution >= 4 is 0 Å². The molecule has 3 nitrogen and oxygen atoms in total. The van der Waals surface area contributed by atoms with Crippen LogP contribution in [0.3, 0.4) is 0 Å². The smallest absolute Gasteiger partial charge is 0.226 e. The topological polar surface area (TPSA) is 46.3 Å². The first-order valence-corrected chi connectivity index (χ1v) is 8.13. The van der Waals surface area contributed by atoms with E-state index in [-0.39, 0.29) is 0 Å². The van der Waals surface area contributed by atoms with Gasteiger partial charge in [-0.3, -0.25) is 0 Å². The molecule has 0 fully saturated rings. The van der Waals surface area contributed by atoms with E-state index in [1.165, 1.54) is 6.26 Å². The zero-order valence-electron chi connectivity index (χ0n) is 13.5. The van der Waals surface area contributed by atoms with Gasteiger partial charge in [-0.05, 0) is 17.2 Å². The van der Waals surface area contributed by atoms with Gasteiger partial charge in [0.25, 0.3) is 0 Å². The Hall–Kier alpha value is -3.17. The lowest BCUT2D eigenvalue weighted by Crippen LogP contribution is -2.29. The van der Waals surface area contributed by atoms with Gasteiger partial charge in [-0.1, -0.05) is 78.9 Å². The van der Waals surface area contributed by atoms with Crippen molar-refractivity contribution in [1.29, 1.82) is 0 Å². The Morgan fingerprint density at radius 2 is 1.28 bits per heavy atom. The van der Waals surface area contributed by atoms with E-state index < -0.39 is 5.60 Å². The van der Waals surface area contributed by atoms with Crippen LogP contribution in [0, 0.1) is 0 Å². The van der Waals surface area contributed by atoms with E-state index >= 15 is 0 Å². The fraction of sp³-hybridized carbons (Fsp3) is 0.0455. The van der Waals surface area contributed by atoms with Crippen LogP contribution >= 0.6 is 0 Å². The van der Waals surface area contributed by atoms with Crippen LogP contribution in [0.1, 0.15) is 16.7 Å². The average Bonchev–Trinajstić information content (AvgIpc) is 3.23. The average molecular weight is 327 g/mol. The second kappa shape index (κ2) is 6.38. The van der Waals surface area contributed by atoms with Gasteiger partial charge in [0.15, 0.2) is 0 Å². The third-order valence-corrected chi connectivity index (χ3v) is 4.36. The first-order chi connectivity index (χ1) is 12.3. The minimum Gasteiger partial charge on any atom is -0.445 e. The molecule has 0 unspecified atom stereocenters. The molecule has 25 heavy (non-hydrogen) atoms. The molecular weight excluding hydrogens is 310 g/mol. The summed E-state index contributed by atoms with van der Waals surface area (Å²) in [7, 11) is 0. The van der Waals surface area contributed by atoms with Gasteiger partial charge in [0.1, 0.15) is 11.9 Å². The number of hydrogen-bond acceptors (Lipinski definition) is 3. The number of benzene rings is 3. The summed E-state index contributed by atoms with van der Waals surface area (Å²) in [5, 5.41) is 11.9. The van der Waals surface area contributed by atoms with Gasteiger partial charge < -0.3 is 9.52 Å². The zero-order chi connectivity index (χ0) is 17.1. The van der Waals surface area contributed by atoms with Crippen molar-refractivity contribution in [2.24, 2.45) is 0 Å². The van der Waals surface area contributed by atoms with Gasteiger partial charge in [0, 0.05) is 11.1 Å². The van der Waals surface area contributed by atoms with Gasteiger partial charge in [-0.15, -0.1) is 0 Å². The summed E-state index contributed by atoms with van der Waals surface area (Å²) in [6.07, 6.45) is 3.15. The summed E-state index contributed by atoms with van der Waals surface area (Å²) in [4.78, 5) is 4.27. The maximum atomic E-state index is 11.9. The molecule has 1 N–H and O–H groups in total. The fourth-order valence-corrected chi connectivity index (χ4v) is 3.18. The summed E-state index contributed by atoms with van der Waals surface area (Å²) < 4.78 is 5.50. The largest absolute Gasteiger partial charge is 0.445 e. The van der Waals surface area contributed by atoms with Crippen molar-refractivity contribution < 1.29 is 9.52 Å². The molecule has 0 aliphatic heterocycles. The lowest BCUT2D eigenvalue weighted by molar-refractivity contribution is 0.126. The lowest BCUT2D eigenvalue weighted by Gasteiger charge is -2.31. The van der Waals surface area contributed by atoms with E-state index in [1.807, 2.05) is 84.9 Å². The molecule has 0 saturated carbocycles. The molecular formula is C22H17NO2. The SMILES string of the molecule is OC(c1ccccc1)(c1ccccc1)c1ccccc1-c1ncco1. The zero-order valence-corrected chi connectivity index (χ0v) is 13.5. The number of hydrogen-bond donors (Lipinski definition) is 1. The van der Waals surface area contributed by atoms with Crippen molar-refractivity contribution in [3.05, 3.63) is 114 Å². The van der Waals surface area contributed by atoms with E-state index in [0.717, 1.165) is 22.3 Å². The van der Waals surface area contributed by atoms with Crippen LogP contribution in [0.5, 0.6) is 0 Å². The minimum absolute atomic E-state index is 0.487. The lowest BCUT2D eigenvalue weighted by atomic mass is 9.78. The van der Waals surface area contributed by atoms with Crippen LogP contribution in [0.15, 0.2) is 102 Å². The molecule has 1 aromatic heterocycles. The van der Waals surface area contributed by atoms with Gasteiger partial charge in [0.05, 0.1) is 6.20 Å². The molecule has 3 aromatic carbocycles. The number of rotatable bonds is 4. The van der Waals surface area contributed by atoms with E-state index in [9.17, 15) is 5.11 Å². The predicted octanol–water partition coefficient (Wildman–Crippen LogP) is 4.63. The van der Waals surface area contributed by atoms with Crippen molar-refractivity contribution in [1.82, 2.24) is 4.98 Å². The Balaban J connectivity index is 2.01. The van der Waals surface area contributed by atoms with Crippen molar-refractivity contribution in [3.8, 4) is 11.5 Å². The monoisotopic (exact) mass is 327 g/mol. The molecule has 4 rings (SSSR count). The third-order valence-electron chi connectivity index (χ3n) is 4.36. The highest BCUT2D eigenvalue weighted by molar-refractivity contribution is 5.65. The Morgan fingerprint density at radius 1 is 0.720 bits per heavy atom. The number of aromatic nitrogens is 1. The predicted molar refractivity (Wildman–Crippen MR) is 96.9 cm³/mol. The highest BCUT2D eigenvalue weighted by Crippen LogP contribution is 2.40. The van der Waals surface area contributed by atoms with Gasteiger partial charge >= 0.3 is 0 Å². The highest BCUT2D eigenvalue weighted by atomic mass is 16.3. The Morgan fingerprint density at radius 3 is 1.84 bits per heavy atom. The van der Waals surface area contributed by atoms with E-state index in [2.05, 4.69) is 4.98 Å². The Bertz CT molecular complexity index is 908. The molecule has 0 atom stereocenters. The second-order valence-electron chi connectivity index (χ2n) is 5.83. The van der Waals surface area contributed by atoms with Crippen LogP contribution in [0.4, 0.5) is 0 Å². The van der Waals surface area contributed by atoms with Crippen LogP contribution in [0.2, 0.25) is 0 Å². The third kappa shape index (κ3) is 2.65. The van der Waals surface area contributed by atoms with Crippen molar-refractivity contribution in [2.45, 2.75) is 5.60 Å².